The predicted molar refractivity (Wildman–Crippen MR) is 125 cm³/mol. The number of nitriles is 1. The molecule has 0 aliphatic carbocycles. The lowest BCUT2D eigenvalue weighted by Gasteiger charge is -2.38. The van der Waals surface area contributed by atoms with Crippen LogP contribution in [0.25, 0.3) is 0 Å². The van der Waals surface area contributed by atoms with Crippen LogP contribution in [-0.4, -0.2) is 55.7 Å². The van der Waals surface area contributed by atoms with Crippen molar-refractivity contribution in [3.8, 4) is 11.8 Å². The standard InChI is InChI=1S/C26H36FN3O/c1-5-6-7-8-23(4)26(21-28,22(2)3)13-14-29-15-17-30(18-16-29)19-20-31-25-11-9-24(27)10-12-25/h5-12,22H,1,13-20H2,2-4H3/b7-6-,23-8+. The molecule has 0 aromatic heterocycles. The zero-order valence-electron chi connectivity index (χ0n) is 19.2. The molecule has 0 N–H and O–H groups in total. The van der Waals surface area contributed by atoms with E-state index in [1.807, 2.05) is 18.2 Å². The fourth-order valence-corrected chi connectivity index (χ4v) is 4.04. The van der Waals surface area contributed by atoms with Gasteiger partial charge >= 0.3 is 0 Å². The van der Waals surface area contributed by atoms with Crippen molar-refractivity contribution in [2.45, 2.75) is 27.2 Å². The Kier molecular flexibility index (Phi) is 9.97. The van der Waals surface area contributed by atoms with E-state index in [2.05, 4.69) is 43.2 Å². The maximum absolute atomic E-state index is 13.0. The molecule has 1 heterocycles. The molecule has 0 amide bonds. The van der Waals surface area contributed by atoms with Gasteiger partial charge in [-0.25, -0.2) is 4.39 Å². The first-order valence-electron chi connectivity index (χ1n) is 11.1. The van der Waals surface area contributed by atoms with Crippen LogP contribution < -0.4 is 4.74 Å². The minimum Gasteiger partial charge on any atom is -0.492 e. The SMILES string of the molecule is C=C/C=C\C=C(/C)C(C#N)(CCN1CCN(CCOc2ccc(F)cc2)CC1)C(C)C. The zero-order valence-corrected chi connectivity index (χ0v) is 19.2. The lowest BCUT2D eigenvalue weighted by molar-refractivity contribution is 0.107. The molecule has 0 bridgehead atoms. The summed E-state index contributed by atoms with van der Waals surface area (Å²) in [5, 5.41) is 10.1. The maximum atomic E-state index is 13.0. The Hall–Kier alpha value is -2.42. The molecule has 1 atom stereocenters. The second-order valence-electron chi connectivity index (χ2n) is 8.44. The molecule has 2 rings (SSSR count). The van der Waals surface area contributed by atoms with E-state index >= 15 is 0 Å². The lowest BCUT2D eigenvalue weighted by Crippen LogP contribution is -2.48. The number of allylic oxidation sites excluding steroid dienone is 5. The highest BCUT2D eigenvalue weighted by molar-refractivity contribution is 5.27. The third-order valence-corrected chi connectivity index (χ3v) is 6.26. The second-order valence-corrected chi connectivity index (χ2v) is 8.44. The van der Waals surface area contributed by atoms with Crippen molar-refractivity contribution < 1.29 is 9.13 Å². The van der Waals surface area contributed by atoms with Gasteiger partial charge in [-0.3, -0.25) is 4.90 Å². The number of hydrogen-bond acceptors (Lipinski definition) is 4. The third kappa shape index (κ3) is 7.34. The van der Waals surface area contributed by atoms with Gasteiger partial charge in [0.15, 0.2) is 0 Å². The highest BCUT2D eigenvalue weighted by atomic mass is 19.1. The maximum Gasteiger partial charge on any atom is 0.123 e. The van der Waals surface area contributed by atoms with E-state index in [0.29, 0.717) is 12.4 Å². The molecule has 31 heavy (non-hydrogen) atoms. The van der Waals surface area contributed by atoms with Crippen molar-refractivity contribution in [1.29, 1.82) is 5.26 Å². The first kappa shape index (κ1) is 24.8. The average Bonchev–Trinajstić information content (AvgIpc) is 2.77. The smallest absolute Gasteiger partial charge is 0.123 e. The van der Waals surface area contributed by atoms with E-state index < -0.39 is 5.41 Å². The Morgan fingerprint density at radius 1 is 1.16 bits per heavy atom. The van der Waals surface area contributed by atoms with Gasteiger partial charge in [0.2, 0.25) is 0 Å². The van der Waals surface area contributed by atoms with Crippen molar-refractivity contribution in [3.05, 3.63) is 66.5 Å². The molecule has 0 spiro atoms. The van der Waals surface area contributed by atoms with Crippen molar-refractivity contribution in [2.75, 3.05) is 45.9 Å². The molecule has 5 heteroatoms. The quantitative estimate of drug-likeness (QED) is 0.464. The Morgan fingerprint density at radius 3 is 2.32 bits per heavy atom. The molecular formula is C26H36FN3O. The van der Waals surface area contributed by atoms with E-state index in [-0.39, 0.29) is 11.7 Å². The minimum atomic E-state index is -0.453. The average molecular weight is 426 g/mol. The van der Waals surface area contributed by atoms with Gasteiger partial charge in [0.25, 0.3) is 0 Å². The predicted octanol–water partition coefficient (Wildman–Crippen LogP) is 5.07. The first-order chi connectivity index (χ1) is 14.9. The normalized spacial score (nSPS) is 18.1. The van der Waals surface area contributed by atoms with Gasteiger partial charge in [0, 0.05) is 39.3 Å². The highest BCUT2D eigenvalue weighted by Crippen LogP contribution is 2.39. The van der Waals surface area contributed by atoms with Crippen LogP contribution in [-0.2, 0) is 0 Å². The van der Waals surface area contributed by atoms with Gasteiger partial charge in [-0.1, -0.05) is 50.3 Å². The summed E-state index contributed by atoms with van der Waals surface area (Å²) in [5.41, 5.74) is 0.658. The van der Waals surface area contributed by atoms with Gasteiger partial charge in [-0.15, -0.1) is 0 Å². The molecule has 1 fully saturated rings. The summed E-state index contributed by atoms with van der Waals surface area (Å²) in [5.74, 6) is 0.698. The Labute approximate surface area is 187 Å². The topological polar surface area (TPSA) is 39.5 Å². The van der Waals surface area contributed by atoms with E-state index in [9.17, 15) is 9.65 Å². The molecule has 168 valence electrons. The third-order valence-electron chi connectivity index (χ3n) is 6.26. The molecule has 0 saturated carbocycles. The summed E-state index contributed by atoms with van der Waals surface area (Å²) in [6.07, 6.45) is 8.48. The summed E-state index contributed by atoms with van der Waals surface area (Å²) in [7, 11) is 0. The molecule has 1 unspecified atom stereocenters. The van der Waals surface area contributed by atoms with Crippen molar-refractivity contribution >= 4 is 0 Å². The summed E-state index contributed by atoms with van der Waals surface area (Å²) in [6, 6.07) is 8.78. The molecule has 1 aromatic carbocycles. The summed E-state index contributed by atoms with van der Waals surface area (Å²) >= 11 is 0. The minimum absolute atomic E-state index is 0.246. The van der Waals surface area contributed by atoms with Crippen LogP contribution in [0.3, 0.4) is 0 Å². The van der Waals surface area contributed by atoms with Crippen molar-refractivity contribution in [3.63, 3.8) is 0 Å². The number of rotatable bonds is 11. The molecule has 0 radical (unpaired) electrons. The van der Waals surface area contributed by atoms with E-state index in [0.717, 1.165) is 51.3 Å². The van der Waals surface area contributed by atoms with Gasteiger partial charge in [0.1, 0.15) is 18.2 Å². The molecular weight excluding hydrogens is 389 g/mol. The number of benzene rings is 1. The van der Waals surface area contributed by atoms with Crippen LogP contribution in [0.5, 0.6) is 5.75 Å². The molecule has 4 nitrogen and oxygen atoms in total. The van der Waals surface area contributed by atoms with Crippen molar-refractivity contribution in [2.24, 2.45) is 11.3 Å². The number of hydrogen-bond donors (Lipinski definition) is 0. The van der Waals surface area contributed by atoms with Gasteiger partial charge in [-0.05, 0) is 43.5 Å². The fraction of sp³-hybridized carbons (Fsp3) is 0.500. The number of piperazine rings is 1. The number of nitrogens with zero attached hydrogens (tertiary/aromatic N) is 3. The molecule has 1 saturated heterocycles. The molecule has 1 aliphatic rings. The van der Waals surface area contributed by atoms with E-state index in [1.54, 1.807) is 18.2 Å². The van der Waals surface area contributed by atoms with E-state index in [1.165, 1.54) is 12.1 Å². The Morgan fingerprint density at radius 2 is 1.77 bits per heavy atom. The van der Waals surface area contributed by atoms with Crippen LogP contribution in [0.15, 0.2) is 60.7 Å². The molecule has 1 aliphatic heterocycles. The largest absolute Gasteiger partial charge is 0.492 e. The van der Waals surface area contributed by atoms with Gasteiger partial charge < -0.3 is 9.64 Å². The molecule has 1 aromatic rings. The summed E-state index contributed by atoms with van der Waals surface area (Å²) in [6.45, 7) is 16.4. The Balaban J connectivity index is 1.80. The van der Waals surface area contributed by atoms with E-state index in [4.69, 9.17) is 4.74 Å². The fourth-order valence-electron chi connectivity index (χ4n) is 4.04. The highest BCUT2D eigenvalue weighted by Gasteiger charge is 2.36. The summed E-state index contributed by atoms with van der Waals surface area (Å²) < 4.78 is 18.7. The Bertz CT molecular complexity index is 786. The zero-order chi connectivity index (χ0) is 22.7. The van der Waals surface area contributed by atoms with Crippen LogP contribution in [0.2, 0.25) is 0 Å². The first-order valence-corrected chi connectivity index (χ1v) is 11.1. The van der Waals surface area contributed by atoms with Gasteiger partial charge in [0.05, 0.1) is 11.5 Å². The van der Waals surface area contributed by atoms with Gasteiger partial charge in [-0.2, -0.15) is 5.26 Å². The monoisotopic (exact) mass is 425 g/mol. The summed E-state index contributed by atoms with van der Waals surface area (Å²) in [4.78, 5) is 4.85. The number of ether oxygens (including phenoxy) is 1. The van der Waals surface area contributed by atoms with Crippen LogP contribution >= 0.6 is 0 Å². The van der Waals surface area contributed by atoms with Crippen molar-refractivity contribution in [1.82, 2.24) is 9.80 Å². The lowest BCUT2D eigenvalue weighted by atomic mass is 9.70. The second kappa shape index (κ2) is 12.4. The van der Waals surface area contributed by atoms with Crippen LogP contribution in [0.1, 0.15) is 27.2 Å². The number of halogens is 1. The van der Waals surface area contributed by atoms with Crippen LogP contribution in [0, 0.1) is 28.5 Å². The van der Waals surface area contributed by atoms with Crippen LogP contribution in [0.4, 0.5) is 4.39 Å².